The lowest BCUT2D eigenvalue weighted by Gasteiger charge is -2.09. The van der Waals surface area contributed by atoms with Gasteiger partial charge in [0.1, 0.15) is 5.69 Å². The van der Waals surface area contributed by atoms with E-state index in [0.29, 0.717) is 16.5 Å². The first-order valence-corrected chi connectivity index (χ1v) is 7.16. The second-order valence-electron chi connectivity index (χ2n) is 4.47. The van der Waals surface area contributed by atoms with Gasteiger partial charge in [-0.05, 0) is 25.0 Å². The predicted octanol–water partition coefficient (Wildman–Crippen LogP) is 3.01. The lowest BCUT2D eigenvalue weighted by molar-refractivity contribution is -0.0127. The number of carbonyl (C=O) groups is 1. The molecule has 1 amide bonds. The molecule has 0 aromatic carbocycles. The molecular formula is C13H14N2O3S. The van der Waals surface area contributed by atoms with Gasteiger partial charge in [0.05, 0.1) is 12.4 Å². The highest BCUT2D eigenvalue weighted by atomic mass is 32.1. The van der Waals surface area contributed by atoms with Crippen LogP contribution >= 0.6 is 11.3 Å². The lowest BCUT2D eigenvalue weighted by Crippen LogP contribution is -2.28. The Labute approximate surface area is 114 Å². The molecule has 6 heteroatoms. The van der Waals surface area contributed by atoms with E-state index in [4.69, 9.17) is 9.25 Å². The highest BCUT2D eigenvalue weighted by molar-refractivity contribution is 7.13. The smallest absolute Gasteiger partial charge is 0.294 e. The van der Waals surface area contributed by atoms with Crippen LogP contribution in [0.5, 0.6) is 0 Å². The Bertz CT molecular complexity index is 544. The Kier molecular flexibility index (Phi) is 3.61. The van der Waals surface area contributed by atoms with E-state index in [9.17, 15) is 4.79 Å². The first-order valence-electron chi connectivity index (χ1n) is 6.28. The Balaban J connectivity index is 1.60. The molecule has 0 saturated heterocycles. The van der Waals surface area contributed by atoms with Crippen molar-refractivity contribution in [1.29, 1.82) is 0 Å². The van der Waals surface area contributed by atoms with Gasteiger partial charge in [0, 0.05) is 5.38 Å². The average Bonchev–Trinajstić information content (AvgIpc) is 3.14. The third-order valence-corrected chi connectivity index (χ3v) is 3.95. The van der Waals surface area contributed by atoms with Crippen LogP contribution in [0.4, 0.5) is 0 Å². The zero-order valence-electron chi connectivity index (χ0n) is 10.3. The molecule has 2 aromatic heterocycles. The van der Waals surface area contributed by atoms with Crippen molar-refractivity contribution in [3.05, 3.63) is 29.5 Å². The van der Waals surface area contributed by atoms with E-state index in [1.807, 2.05) is 6.07 Å². The summed E-state index contributed by atoms with van der Waals surface area (Å²) in [6.45, 7) is 0. The Morgan fingerprint density at radius 3 is 3.05 bits per heavy atom. The number of furan rings is 1. The van der Waals surface area contributed by atoms with Gasteiger partial charge in [-0.3, -0.25) is 9.63 Å². The van der Waals surface area contributed by atoms with Crippen molar-refractivity contribution in [3.63, 3.8) is 0 Å². The number of hydrogen-bond acceptors (Lipinski definition) is 5. The maximum Gasteiger partial charge on any atom is 0.294 e. The minimum atomic E-state index is -0.305. The quantitative estimate of drug-likeness (QED) is 0.873. The van der Waals surface area contributed by atoms with E-state index in [2.05, 4.69) is 10.5 Å². The van der Waals surface area contributed by atoms with Gasteiger partial charge in [0.2, 0.25) is 0 Å². The Morgan fingerprint density at radius 2 is 2.32 bits per heavy atom. The fourth-order valence-electron chi connectivity index (χ4n) is 2.09. The summed E-state index contributed by atoms with van der Waals surface area (Å²) in [5.41, 5.74) is 2.83. The molecule has 0 bridgehead atoms. The van der Waals surface area contributed by atoms with Crippen LogP contribution in [-0.4, -0.2) is 17.0 Å². The number of carbonyl (C=O) groups excluding carboxylic acids is 1. The zero-order chi connectivity index (χ0) is 13.1. The monoisotopic (exact) mass is 278 g/mol. The highest BCUT2D eigenvalue weighted by Crippen LogP contribution is 2.24. The Hall–Kier alpha value is -1.66. The Morgan fingerprint density at radius 1 is 1.47 bits per heavy atom. The lowest BCUT2D eigenvalue weighted by atomic mass is 10.3. The summed E-state index contributed by atoms with van der Waals surface area (Å²) >= 11 is 1.37. The molecule has 19 heavy (non-hydrogen) atoms. The van der Waals surface area contributed by atoms with Crippen LogP contribution < -0.4 is 5.48 Å². The summed E-state index contributed by atoms with van der Waals surface area (Å²) in [6, 6.07) is 3.61. The molecule has 5 nitrogen and oxygen atoms in total. The van der Waals surface area contributed by atoms with Gasteiger partial charge in [0.25, 0.3) is 5.91 Å². The normalized spacial score (nSPS) is 15.8. The van der Waals surface area contributed by atoms with Crippen LogP contribution in [0.2, 0.25) is 0 Å². The van der Waals surface area contributed by atoms with E-state index in [0.717, 1.165) is 12.8 Å². The van der Waals surface area contributed by atoms with E-state index >= 15 is 0 Å². The minimum Gasteiger partial charge on any atom is -0.462 e. The van der Waals surface area contributed by atoms with Crippen LogP contribution in [0.15, 0.2) is 28.2 Å². The molecule has 0 radical (unpaired) electrons. The van der Waals surface area contributed by atoms with Crippen LogP contribution in [-0.2, 0) is 4.84 Å². The van der Waals surface area contributed by atoms with Crippen molar-refractivity contribution in [1.82, 2.24) is 10.5 Å². The number of hydrogen-bond donors (Lipinski definition) is 1. The molecule has 0 aliphatic heterocycles. The van der Waals surface area contributed by atoms with Gasteiger partial charge in [-0.1, -0.05) is 12.8 Å². The van der Waals surface area contributed by atoms with Gasteiger partial charge >= 0.3 is 0 Å². The molecule has 1 saturated carbocycles. The molecule has 1 aliphatic rings. The highest BCUT2D eigenvalue weighted by Gasteiger charge is 2.18. The summed E-state index contributed by atoms with van der Waals surface area (Å²) in [7, 11) is 0. The van der Waals surface area contributed by atoms with Gasteiger partial charge in [-0.25, -0.2) is 10.5 Å². The van der Waals surface area contributed by atoms with Crippen LogP contribution in [0.3, 0.4) is 0 Å². The molecule has 100 valence electrons. The number of thiazole rings is 1. The molecule has 1 fully saturated rings. The topological polar surface area (TPSA) is 64.4 Å². The first kappa shape index (κ1) is 12.4. The summed E-state index contributed by atoms with van der Waals surface area (Å²) in [5, 5.41) is 2.39. The van der Waals surface area contributed by atoms with Crippen LogP contribution in [0.25, 0.3) is 10.8 Å². The van der Waals surface area contributed by atoms with Gasteiger partial charge in [-0.2, -0.15) is 0 Å². The van der Waals surface area contributed by atoms with Crippen molar-refractivity contribution in [2.24, 2.45) is 0 Å². The first-order chi connectivity index (χ1) is 9.33. The van der Waals surface area contributed by atoms with Crippen molar-refractivity contribution in [2.45, 2.75) is 31.8 Å². The van der Waals surface area contributed by atoms with Crippen molar-refractivity contribution in [3.8, 4) is 10.8 Å². The minimum absolute atomic E-state index is 0.145. The van der Waals surface area contributed by atoms with Crippen molar-refractivity contribution < 1.29 is 14.0 Å². The molecule has 0 spiro atoms. The molecular weight excluding hydrogens is 264 g/mol. The second-order valence-corrected chi connectivity index (χ2v) is 5.33. The molecule has 1 N–H and O–H groups in total. The van der Waals surface area contributed by atoms with E-state index in [1.165, 1.54) is 24.2 Å². The fourth-order valence-corrected chi connectivity index (χ4v) is 2.85. The summed E-state index contributed by atoms with van der Waals surface area (Å²) in [6.07, 6.45) is 6.08. The van der Waals surface area contributed by atoms with Crippen LogP contribution in [0, 0.1) is 0 Å². The standard InChI is InChI=1S/C13H14N2O3S/c16-12(15-18-9-4-1-2-5-9)10-8-19-13(14-10)11-6-3-7-17-11/h3,6-9H,1-2,4-5H2,(H,15,16). The van der Waals surface area contributed by atoms with Gasteiger partial charge in [-0.15, -0.1) is 11.3 Å². The molecule has 0 unspecified atom stereocenters. The van der Waals surface area contributed by atoms with Gasteiger partial charge in [0.15, 0.2) is 10.8 Å². The zero-order valence-corrected chi connectivity index (χ0v) is 11.1. The number of nitrogens with one attached hydrogen (secondary N) is 1. The molecule has 0 atom stereocenters. The third kappa shape index (κ3) is 2.85. The number of aromatic nitrogens is 1. The molecule has 2 aromatic rings. The maximum absolute atomic E-state index is 11.9. The SMILES string of the molecule is O=C(NOC1CCCC1)c1csc(-c2ccco2)n1. The molecule has 2 heterocycles. The van der Waals surface area contributed by atoms with Crippen LogP contribution in [0.1, 0.15) is 36.2 Å². The van der Waals surface area contributed by atoms with Crippen molar-refractivity contribution in [2.75, 3.05) is 0 Å². The summed E-state index contributed by atoms with van der Waals surface area (Å²) < 4.78 is 5.24. The average molecular weight is 278 g/mol. The summed E-state index contributed by atoms with van der Waals surface area (Å²) in [4.78, 5) is 21.5. The second kappa shape index (κ2) is 5.54. The van der Waals surface area contributed by atoms with E-state index in [1.54, 1.807) is 17.7 Å². The maximum atomic E-state index is 11.9. The molecule has 3 rings (SSSR count). The largest absolute Gasteiger partial charge is 0.462 e. The number of rotatable bonds is 4. The van der Waals surface area contributed by atoms with E-state index < -0.39 is 0 Å². The van der Waals surface area contributed by atoms with Crippen molar-refractivity contribution >= 4 is 17.2 Å². The number of amides is 1. The van der Waals surface area contributed by atoms with E-state index in [-0.39, 0.29) is 12.0 Å². The number of nitrogens with zero attached hydrogens (tertiary/aromatic N) is 1. The predicted molar refractivity (Wildman–Crippen MR) is 70.6 cm³/mol. The third-order valence-electron chi connectivity index (χ3n) is 3.09. The summed E-state index contributed by atoms with van der Waals surface area (Å²) in [5.74, 6) is 0.363. The molecule has 1 aliphatic carbocycles. The number of hydroxylamine groups is 1. The fraction of sp³-hybridized carbons (Fsp3) is 0.385. The van der Waals surface area contributed by atoms with Gasteiger partial charge < -0.3 is 4.42 Å².